The Bertz CT molecular complexity index is 691. The second-order valence-electron chi connectivity index (χ2n) is 4.89. The molecule has 2 aromatic carbocycles. The smallest absolute Gasteiger partial charge is 0.375 e. The maximum absolute atomic E-state index is 13.3. The van der Waals surface area contributed by atoms with Crippen LogP contribution < -0.4 is 5.32 Å². The summed E-state index contributed by atoms with van der Waals surface area (Å²) < 4.78 is 40.4. The van der Waals surface area contributed by atoms with Crippen LogP contribution in [0.5, 0.6) is 0 Å². The van der Waals surface area contributed by atoms with Gasteiger partial charge >= 0.3 is 6.18 Å². The van der Waals surface area contributed by atoms with Gasteiger partial charge < -0.3 is 10.4 Å². The van der Waals surface area contributed by atoms with Crippen molar-refractivity contribution < 1.29 is 23.1 Å². The first kappa shape index (κ1) is 17.5. The maximum atomic E-state index is 13.3. The number of nitrogens with one attached hydrogen (secondary N) is 1. The summed E-state index contributed by atoms with van der Waals surface area (Å²) in [5.41, 5.74) is -3.31. The van der Waals surface area contributed by atoms with E-state index in [1.165, 1.54) is 18.2 Å². The van der Waals surface area contributed by atoms with Gasteiger partial charge in [0.25, 0.3) is 5.91 Å². The average molecular weight is 388 g/mol. The van der Waals surface area contributed by atoms with Gasteiger partial charge in [0.2, 0.25) is 5.60 Å². The Kier molecular flexibility index (Phi) is 5.11. The molecule has 2 rings (SSSR count). The van der Waals surface area contributed by atoms with Gasteiger partial charge in [-0.3, -0.25) is 4.79 Å². The van der Waals surface area contributed by atoms with Gasteiger partial charge in [-0.1, -0.05) is 42.5 Å². The number of aliphatic hydroxyl groups is 1. The third-order valence-corrected chi connectivity index (χ3v) is 4.04. The molecule has 0 fully saturated rings. The van der Waals surface area contributed by atoms with E-state index in [4.69, 9.17) is 0 Å². The molecule has 0 saturated carbocycles. The highest BCUT2D eigenvalue weighted by Gasteiger charge is 2.55. The minimum Gasteiger partial charge on any atom is -0.375 e. The van der Waals surface area contributed by atoms with Crippen molar-refractivity contribution in [1.82, 2.24) is 5.32 Å². The highest BCUT2D eigenvalue weighted by Crippen LogP contribution is 2.38. The lowest BCUT2D eigenvalue weighted by Gasteiger charge is -2.31. The number of hydrogen-bond acceptors (Lipinski definition) is 2. The Morgan fingerprint density at radius 2 is 1.61 bits per heavy atom. The predicted octanol–water partition coefficient (Wildman–Crippen LogP) is 3.63. The number of amides is 1. The Hall–Kier alpha value is -1.86. The van der Waals surface area contributed by atoms with E-state index in [1.54, 1.807) is 24.3 Å². The lowest BCUT2D eigenvalue weighted by molar-refractivity contribution is -0.263. The fraction of sp³-hybridized carbons (Fsp3) is 0.188. The number of rotatable bonds is 4. The van der Waals surface area contributed by atoms with Crippen molar-refractivity contribution in [2.24, 2.45) is 0 Å². The van der Waals surface area contributed by atoms with Crippen LogP contribution in [0.4, 0.5) is 13.2 Å². The molecule has 0 aromatic heterocycles. The lowest BCUT2D eigenvalue weighted by atomic mass is 9.93. The fourth-order valence-electron chi connectivity index (χ4n) is 2.03. The van der Waals surface area contributed by atoms with E-state index < -0.39 is 24.2 Å². The van der Waals surface area contributed by atoms with Gasteiger partial charge in [-0.15, -0.1) is 0 Å². The zero-order chi connectivity index (χ0) is 17.1. The molecule has 0 aliphatic carbocycles. The zero-order valence-corrected chi connectivity index (χ0v) is 13.4. The first-order valence-electron chi connectivity index (χ1n) is 6.63. The standard InChI is InChI=1S/C16H13BrF3NO2/c17-13-9-5-4-8-12(13)14(22)21-10-15(23,16(18,19)20)11-6-2-1-3-7-11/h1-9,23H,10H2,(H,21,22)/t15-/m1/s1. The third-order valence-electron chi connectivity index (χ3n) is 3.34. The zero-order valence-electron chi connectivity index (χ0n) is 11.8. The Morgan fingerprint density at radius 3 is 2.17 bits per heavy atom. The number of alkyl halides is 3. The number of carbonyl (C=O) groups excluding carboxylic acids is 1. The summed E-state index contributed by atoms with van der Waals surface area (Å²) in [7, 11) is 0. The molecule has 122 valence electrons. The van der Waals surface area contributed by atoms with Crippen LogP contribution in [0.2, 0.25) is 0 Å². The van der Waals surface area contributed by atoms with Crippen LogP contribution in [0.25, 0.3) is 0 Å². The van der Waals surface area contributed by atoms with Crippen molar-refractivity contribution in [3.63, 3.8) is 0 Å². The van der Waals surface area contributed by atoms with Crippen molar-refractivity contribution in [1.29, 1.82) is 0 Å². The van der Waals surface area contributed by atoms with Gasteiger partial charge in [-0.25, -0.2) is 0 Å². The highest BCUT2D eigenvalue weighted by atomic mass is 79.9. The molecule has 2 N–H and O–H groups in total. The van der Waals surface area contributed by atoms with E-state index in [0.717, 1.165) is 12.1 Å². The fourth-order valence-corrected chi connectivity index (χ4v) is 2.49. The minimum atomic E-state index is -4.93. The molecule has 0 saturated heterocycles. The summed E-state index contributed by atoms with van der Waals surface area (Å²) in [6.45, 7) is -0.985. The molecule has 0 unspecified atom stereocenters. The van der Waals surface area contributed by atoms with E-state index in [9.17, 15) is 23.1 Å². The monoisotopic (exact) mass is 387 g/mol. The lowest BCUT2D eigenvalue weighted by Crippen LogP contribution is -2.51. The van der Waals surface area contributed by atoms with Crippen molar-refractivity contribution in [3.05, 3.63) is 70.2 Å². The molecule has 0 bridgehead atoms. The van der Waals surface area contributed by atoms with Crippen molar-refractivity contribution in [2.75, 3.05) is 6.54 Å². The molecule has 1 atom stereocenters. The number of carbonyl (C=O) groups is 1. The van der Waals surface area contributed by atoms with Gasteiger partial charge in [0.05, 0.1) is 12.1 Å². The van der Waals surface area contributed by atoms with Gasteiger partial charge in [-0.2, -0.15) is 13.2 Å². The largest absolute Gasteiger partial charge is 0.423 e. The number of hydrogen-bond donors (Lipinski definition) is 2. The van der Waals surface area contributed by atoms with Crippen molar-refractivity contribution in [3.8, 4) is 0 Å². The summed E-state index contributed by atoms with van der Waals surface area (Å²) in [6.07, 6.45) is -4.93. The Morgan fingerprint density at radius 1 is 1.04 bits per heavy atom. The van der Waals surface area contributed by atoms with E-state index >= 15 is 0 Å². The topological polar surface area (TPSA) is 49.3 Å². The van der Waals surface area contributed by atoms with Crippen LogP contribution in [0.1, 0.15) is 15.9 Å². The molecular formula is C16H13BrF3NO2. The number of halogens is 4. The van der Waals surface area contributed by atoms with Gasteiger partial charge in [-0.05, 0) is 33.6 Å². The molecule has 2 aromatic rings. The van der Waals surface area contributed by atoms with Crippen molar-refractivity contribution in [2.45, 2.75) is 11.8 Å². The Labute approximate surface area is 139 Å². The summed E-state index contributed by atoms with van der Waals surface area (Å²) >= 11 is 3.16. The SMILES string of the molecule is O=C(NC[C@@](O)(c1ccccc1)C(F)(F)F)c1ccccc1Br. The van der Waals surface area contributed by atoms with E-state index in [-0.39, 0.29) is 11.1 Å². The molecule has 0 spiro atoms. The minimum absolute atomic E-state index is 0.185. The van der Waals surface area contributed by atoms with Crippen LogP contribution >= 0.6 is 15.9 Å². The average Bonchev–Trinajstić information content (AvgIpc) is 2.52. The summed E-state index contributed by atoms with van der Waals surface area (Å²) in [4.78, 5) is 12.1. The van der Waals surface area contributed by atoms with Crippen LogP contribution in [-0.4, -0.2) is 23.7 Å². The van der Waals surface area contributed by atoms with E-state index in [2.05, 4.69) is 21.2 Å². The normalized spacial score (nSPS) is 14.1. The number of benzene rings is 2. The maximum Gasteiger partial charge on any atom is 0.423 e. The Balaban J connectivity index is 2.24. The molecule has 0 aliphatic rings. The highest BCUT2D eigenvalue weighted by molar-refractivity contribution is 9.10. The molecule has 0 aliphatic heterocycles. The van der Waals surface area contributed by atoms with Gasteiger partial charge in [0.15, 0.2) is 0 Å². The van der Waals surface area contributed by atoms with Crippen LogP contribution in [-0.2, 0) is 5.60 Å². The second-order valence-corrected chi connectivity index (χ2v) is 5.74. The molecule has 23 heavy (non-hydrogen) atoms. The van der Waals surface area contributed by atoms with E-state index in [1.807, 2.05) is 0 Å². The molecule has 7 heteroatoms. The van der Waals surface area contributed by atoms with Gasteiger partial charge in [0.1, 0.15) is 0 Å². The summed E-state index contributed by atoms with van der Waals surface area (Å²) in [6, 6.07) is 13.0. The van der Waals surface area contributed by atoms with Crippen molar-refractivity contribution >= 4 is 21.8 Å². The van der Waals surface area contributed by atoms with Crippen LogP contribution in [0.15, 0.2) is 59.1 Å². The van der Waals surface area contributed by atoms with Gasteiger partial charge in [0, 0.05) is 4.47 Å². The summed E-state index contributed by atoms with van der Waals surface area (Å²) in [5.74, 6) is -0.712. The predicted molar refractivity (Wildman–Crippen MR) is 82.9 cm³/mol. The molecule has 1 amide bonds. The summed E-state index contributed by atoms with van der Waals surface area (Å²) in [5, 5.41) is 12.3. The third kappa shape index (κ3) is 3.73. The quantitative estimate of drug-likeness (QED) is 0.841. The molecular weight excluding hydrogens is 375 g/mol. The molecule has 0 radical (unpaired) electrons. The second kappa shape index (κ2) is 6.72. The molecule has 3 nitrogen and oxygen atoms in total. The molecule has 0 heterocycles. The first-order chi connectivity index (χ1) is 10.8. The van der Waals surface area contributed by atoms with Crippen LogP contribution in [0.3, 0.4) is 0 Å². The van der Waals surface area contributed by atoms with E-state index in [0.29, 0.717) is 4.47 Å². The van der Waals surface area contributed by atoms with Crippen LogP contribution in [0, 0.1) is 0 Å². The first-order valence-corrected chi connectivity index (χ1v) is 7.42.